The zero-order valence-electron chi connectivity index (χ0n) is 10.0. The molecule has 2 aromatic heterocycles. The minimum atomic E-state index is -4.33. The first-order valence-corrected chi connectivity index (χ1v) is 7.41. The summed E-state index contributed by atoms with van der Waals surface area (Å²) in [7, 11) is 0. The summed E-state index contributed by atoms with van der Waals surface area (Å²) < 4.78 is 38.1. The van der Waals surface area contributed by atoms with Crippen LogP contribution in [0.25, 0.3) is 20.3 Å². The van der Waals surface area contributed by atoms with E-state index in [1.54, 1.807) is 23.6 Å². The second kappa shape index (κ2) is 5.03. The molecule has 1 aromatic carbocycles. The number of aromatic nitrogens is 1. The van der Waals surface area contributed by atoms with Gasteiger partial charge in [-0.3, -0.25) is 0 Å². The van der Waals surface area contributed by atoms with Crippen molar-refractivity contribution in [1.29, 1.82) is 0 Å². The second-order valence-corrected chi connectivity index (χ2v) is 6.06. The lowest BCUT2D eigenvalue weighted by atomic mass is 10.1. The number of alkyl halides is 3. The molecule has 0 unspecified atom stereocenters. The quantitative estimate of drug-likeness (QED) is 0.604. The highest BCUT2D eigenvalue weighted by atomic mass is 32.1. The number of benzene rings is 1. The van der Waals surface area contributed by atoms with E-state index in [0.717, 1.165) is 21.9 Å². The van der Waals surface area contributed by atoms with Crippen molar-refractivity contribution in [2.75, 3.05) is 0 Å². The maximum Gasteiger partial charge on any atom is 0.416 e. The Hall–Kier alpha value is -1.66. The first-order chi connectivity index (χ1) is 9.54. The first-order valence-electron chi connectivity index (χ1n) is 5.71. The normalized spacial score (nSPS) is 11.8. The van der Waals surface area contributed by atoms with Gasteiger partial charge in [-0.05, 0) is 23.6 Å². The Morgan fingerprint density at radius 2 is 1.85 bits per heavy atom. The van der Waals surface area contributed by atoms with Gasteiger partial charge in [0.15, 0.2) is 0 Å². The van der Waals surface area contributed by atoms with Crippen molar-refractivity contribution >= 4 is 22.7 Å². The molecule has 0 fully saturated rings. The third kappa shape index (κ3) is 2.62. The fourth-order valence-corrected chi connectivity index (χ4v) is 3.50. The van der Waals surface area contributed by atoms with Crippen molar-refractivity contribution in [1.82, 2.24) is 4.98 Å². The summed E-state index contributed by atoms with van der Waals surface area (Å²) in [6.45, 7) is 0. The number of halogens is 3. The van der Waals surface area contributed by atoms with Gasteiger partial charge in [0.25, 0.3) is 0 Å². The predicted molar refractivity (Wildman–Crippen MR) is 75.9 cm³/mol. The highest BCUT2D eigenvalue weighted by Crippen LogP contribution is 2.36. The van der Waals surface area contributed by atoms with Gasteiger partial charge in [0.1, 0.15) is 5.01 Å². The Morgan fingerprint density at radius 3 is 2.55 bits per heavy atom. The molecule has 3 aromatic rings. The van der Waals surface area contributed by atoms with Gasteiger partial charge in [0.2, 0.25) is 0 Å². The summed E-state index contributed by atoms with van der Waals surface area (Å²) in [5.41, 5.74) is -0.157. The van der Waals surface area contributed by atoms with Crippen LogP contribution in [0, 0.1) is 0 Å². The number of rotatable bonds is 2. The van der Waals surface area contributed by atoms with E-state index < -0.39 is 11.7 Å². The lowest BCUT2D eigenvalue weighted by molar-refractivity contribution is -0.137. The molecule has 0 saturated carbocycles. The van der Waals surface area contributed by atoms with Gasteiger partial charge in [-0.1, -0.05) is 18.2 Å². The van der Waals surface area contributed by atoms with Crippen LogP contribution >= 0.6 is 22.7 Å². The van der Waals surface area contributed by atoms with Crippen molar-refractivity contribution in [2.24, 2.45) is 0 Å². The summed E-state index contributed by atoms with van der Waals surface area (Å²) >= 11 is 2.98. The van der Waals surface area contributed by atoms with E-state index in [-0.39, 0.29) is 0 Å². The van der Waals surface area contributed by atoms with Gasteiger partial charge in [0.05, 0.1) is 10.4 Å². The van der Waals surface area contributed by atoms with E-state index >= 15 is 0 Å². The monoisotopic (exact) mass is 311 g/mol. The molecule has 102 valence electrons. The van der Waals surface area contributed by atoms with Gasteiger partial charge in [0, 0.05) is 16.6 Å². The van der Waals surface area contributed by atoms with E-state index in [4.69, 9.17) is 0 Å². The van der Waals surface area contributed by atoms with Gasteiger partial charge in [-0.15, -0.1) is 22.7 Å². The van der Waals surface area contributed by atoms with E-state index in [2.05, 4.69) is 4.98 Å². The van der Waals surface area contributed by atoms with Gasteiger partial charge >= 0.3 is 6.18 Å². The van der Waals surface area contributed by atoms with Crippen molar-refractivity contribution < 1.29 is 13.2 Å². The molecule has 0 aliphatic rings. The maximum atomic E-state index is 12.7. The maximum absolute atomic E-state index is 12.7. The highest BCUT2D eigenvalue weighted by molar-refractivity contribution is 7.22. The molecule has 0 N–H and O–H groups in total. The topological polar surface area (TPSA) is 12.9 Å². The fourth-order valence-electron chi connectivity index (χ4n) is 1.77. The number of hydrogen-bond acceptors (Lipinski definition) is 3. The van der Waals surface area contributed by atoms with Crippen LogP contribution in [0.15, 0.2) is 48.0 Å². The summed E-state index contributed by atoms with van der Waals surface area (Å²) in [5, 5.41) is 2.55. The molecule has 0 aliphatic carbocycles. The van der Waals surface area contributed by atoms with Crippen molar-refractivity contribution in [3.8, 4) is 20.3 Å². The van der Waals surface area contributed by atoms with Crippen LogP contribution in [0.5, 0.6) is 0 Å². The molecule has 0 bridgehead atoms. The van der Waals surface area contributed by atoms with Crippen LogP contribution in [0.4, 0.5) is 13.2 Å². The van der Waals surface area contributed by atoms with Crippen LogP contribution in [0.3, 0.4) is 0 Å². The zero-order chi connectivity index (χ0) is 14.2. The molecular formula is C14H8F3NS2. The fraction of sp³-hybridized carbons (Fsp3) is 0.0714. The van der Waals surface area contributed by atoms with Crippen LogP contribution in [0.2, 0.25) is 0 Å². The minimum Gasteiger partial charge on any atom is -0.244 e. The van der Waals surface area contributed by atoms with Crippen LogP contribution in [0.1, 0.15) is 5.56 Å². The SMILES string of the molecule is FC(F)(F)c1cccc(-c2ncc(-c3cccs3)s2)c1. The number of hydrogen-bond donors (Lipinski definition) is 0. The van der Waals surface area contributed by atoms with Gasteiger partial charge in [-0.2, -0.15) is 13.2 Å². The van der Waals surface area contributed by atoms with Crippen molar-refractivity contribution in [3.63, 3.8) is 0 Å². The Balaban J connectivity index is 1.98. The van der Waals surface area contributed by atoms with Gasteiger partial charge < -0.3 is 0 Å². The Morgan fingerprint density at radius 1 is 1.00 bits per heavy atom. The molecule has 0 saturated heterocycles. The Labute approximate surface area is 121 Å². The summed E-state index contributed by atoms with van der Waals surface area (Å²) in [5.74, 6) is 0. The molecule has 0 aliphatic heterocycles. The standard InChI is InChI=1S/C14H8F3NS2/c15-14(16,17)10-4-1-3-9(7-10)13-18-8-12(20-13)11-5-2-6-19-11/h1-8H. The lowest BCUT2D eigenvalue weighted by Crippen LogP contribution is -2.04. The third-order valence-electron chi connectivity index (χ3n) is 2.71. The second-order valence-electron chi connectivity index (χ2n) is 4.09. The summed E-state index contributed by atoms with van der Waals surface area (Å²) in [4.78, 5) is 6.26. The molecule has 0 radical (unpaired) electrons. The third-order valence-corrected chi connectivity index (χ3v) is 4.82. The molecule has 3 rings (SSSR count). The van der Waals surface area contributed by atoms with E-state index in [9.17, 15) is 13.2 Å². The molecule has 1 nitrogen and oxygen atoms in total. The number of thiazole rings is 1. The smallest absolute Gasteiger partial charge is 0.244 e. The Bertz CT molecular complexity index is 714. The zero-order valence-corrected chi connectivity index (χ0v) is 11.6. The number of thiophene rings is 1. The van der Waals surface area contributed by atoms with E-state index in [1.165, 1.54) is 17.4 Å². The van der Waals surface area contributed by atoms with Crippen LogP contribution in [-0.4, -0.2) is 4.98 Å². The highest BCUT2D eigenvalue weighted by Gasteiger charge is 2.30. The molecule has 0 atom stereocenters. The molecule has 2 heterocycles. The average Bonchev–Trinajstić information content (AvgIpc) is 3.09. The van der Waals surface area contributed by atoms with Gasteiger partial charge in [-0.25, -0.2) is 4.98 Å². The molecule has 6 heteroatoms. The minimum absolute atomic E-state index is 0.493. The van der Waals surface area contributed by atoms with Crippen LogP contribution in [-0.2, 0) is 6.18 Å². The number of nitrogens with zero attached hydrogens (tertiary/aromatic N) is 1. The largest absolute Gasteiger partial charge is 0.416 e. The Kier molecular flexibility index (Phi) is 3.35. The molecular weight excluding hydrogens is 303 g/mol. The average molecular weight is 311 g/mol. The summed E-state index contributed by atoms with van der Waals surface area (Å²) in [6, 6.07) is 9.16. The summed E-state index contributed by atoms with van der Waals surface area (Å²) in [6.07, 6.45) is -2.63. The molecule has 0 spiro atoms. The van der Waals surface area contributed by atoms with Crippen molar-refractivity contribution in [3.05, 3.63) is 53.5 Å². The molecule has 0 amide bonds. The molecule has 20 heavy (non-hydrogen) atoms. The predicted octanol–water partition coefficient (Wildman–Crippen LogP) is 5.56. The van der Waals surface area contributed by atoms with Crippen LogP contribution < -0.4 is 0 Å². The van der Waals surface area contributed by atoms with E-state index in [1.807, 2.05) is 17.5 Å². The first kappa shape index (κ1) is 13.3. The lowest BCUT2D eigenvalue weighted by Gasteiger charge is -2.07. The van der Waals surface area contributed by atoms with E-state index in [0.29, 0.717) is 10.6 Å². The van der Waals surface area contributed by atoms with Crippen molar-refractivity contribution in [2.45, 2.75) is 6.18 Å².